The fourth-order valence-electron chi connectivity index (χ4n) is 1.10. The maximum atomic E-state index is 8.71. The Morgan fingerprint density at radius 1 is 1.44 bits per heavy atom. The van der Waals surface area contributed by atoms with Gasteiger partial charge in [0.1, 0.15) is 4.33 Å². The molecular weight excluding hydrogens is 159 g/mol. The molecule has 1 fully saturated rings. The quantitative estimate of drug-likeness (QED) is 0.593. The molecule has 1 aliphatic rings. The molecule has 1 rings (SSSR count). The van der Waals surface area contributed by atoms with E-state index in [0.717, 1.165) is 0 Å². The molecule has 0 heterocycles. The minimum Gasteiger partial charge on any atom is -0.396 e. The van der Waals surface area contributed by atoms with Gasteiger partial charge in [0.2, 0.25) is 0 Å². The molecule has 1 saturated carbocycles. The van der Waals surface area contributed by atoms with E-state index in [2.05, 4.69) is 0 Å². The summed E-state index contributed by atoms with van der Waals surface area (Å²) in [5.74, 6) is 0.0494. The summed E-state index contributed by atoms with van der Waals surface area (Å²) in [5, 5.41) is 8.71. The summed E-state index contributed by atoms with van der Waals surface area (Å²) in [4.78, 5) is 0. The summed E-state index contributed by atoms with van der Waals surface area (Å²) < 4.78 is -0.693. The van der Waals surface area contributed by atoms with Crippen LogP contribution in [0.5, 0.6) is 0 Å². The zero-order valence-corrected chi connectivity index (χ0v) is 7.00. The molecule has 1 aliphatic carbocycles. The van der Waals surface area contributed by atoms with Gasteiger partial charge in [0, 0.05) is 17.9 Å². The smallest absolute Gasteiger partial charge is 0.129 e. The normalized spacial score (nSPS) is 36.3. The second-order valence-corrected chi connectivity index (χ2v) is 4.47. The predicted molar refractivity (Wildman–Crippen MR) is 38.8 cm³/mol. The van der Waals surface area contributed by atoms with Crippen LogP contribution in [-0.2, 0) is 0 Å². The Balaban J connectivity index is 2.66. The highest BCUT2D eigenvalue weighted by atomic mass is 35.5. The third-order valence-electron chi connectivity index (χ3n) is 2.27. The molecule has 1 N–H and O–H groups in total. The summed E-state index contributed by atoms with van der Waals surface area (Å²) in [6.45, 7) is 3.99. The second-order valence-electron chi connectivity index (χ2n) is 3.08. The Kier molecular flexibility index (Phi) is 1.51. The maximum Gasteiger partial charge on any atom is 0.129 e. The fraction of sp³-hybridized carbons (Fsp3) is 1.00. The lowest BCUT2D eigenvalue weighted by Crippen LogP contribution is -1.96. The van der Waals surface area contributed by atoms with Crippen molar-refractivity contribution in [2.24, 2.45) is 11.3 Å². The van der Waals surface area contributed by atoms with Gasteiger partial charge in [-0.2, -0.15) is 0 Å². The number of aliphatic hydroxyl groups excluding tert-OH is 1. The van der Waals surface area contributed by atoms with E-state index < -0.39 is 4.33 Å². The Hall–Kier alpha value is 0.540. The van der Waals surface area contributed by atoms with Crippen molar-refractivity contribution in [3.63, 3.8) is 0 Å². The van der Waals surface area contributed by atoms with Gasteiger partial charge >= 0.3 is 0 Å². The largest absolute Gasteiger partial charge is 0.396 e. The first-order valence-electron chi connectivity index (χ1n) is 2.93. The molecule has 9 heavy (non-hydrogen) atoms. The van der Waals surface area contributed by atoms with Crippen molar-refractivity contribution in [2.45, 2.75) is 18.2 Å². The average molecular weight is 169 g/mol. The highest BCUT2D eigenvalue weighted by molar-refractivity contribution is 6.51. The summed E-state index contributed by atoms with van der Waals surface area (Å²) >= 11 is 11.6. The van der Waals surface area contributed by atoms with Gasteiger partial charge in [0.15, 0.2) is 0 Å². The molecular formula is C6H10Cl2O. The third kappa shape index (κ3) is 0.787. The first-order chi connectivity index (χ1) is 3.94. The van der Waals surface area contributed by atoms with Crippen LogP contribution in [0.3, 0.4) is 0 Å². The van der Waals surface area contributed by atoms with Crippen molar-refractivity contribution in [2.75, 3.05) is 6.61 Å². The van der Waals surface area contributed by atoms with Crippen molar-refractivity contribution in [3.05, 3.63) is 0 Å². The van der Waals surface area contributed by atoms with Crippen molar-refractivity contribution in [1.82, 2.24) is 0 Å². The lowest BCUT2D eigenvalue weighted by molar-refractivity contribution is 0.257. The molecule has 1 atom stereocenters. The van der Waals surface area contributed by atoms with Crippen LogP contribution in [0.15, 0.2) is 0 Å². The van der Waals surface area contributed by atoms with Crippen LogP contribution in [0.25, 0.3) is 0 Å². The van der Waals surface area contributed by atoms with Gasteiger partial charge in [-0.1, -0.05) is 13.8 Å². The first-order valence-corrected chi connectivity index (χ1v) is 3.69. The van der Waals surface area contributed by atoms with Gasteiger partial charge < -0.3 is 5.11 Å². The molecule has 1 nitrogen and oxygen atoms in total. The number of alkyl halides is 2. The standard InChI is InChI=1S/C6H10Cl2O/c1-5(2)4(3-9)6(5,7)8/h4,9H,3H2,1-2H3/t4-/m0/s1. The highest BCUT2D eigenvalue weighted by Crippen LogP contribution is 2.68. The zero-order valence-electron chi connectivity index (χ0n) is 5.49. The molecule has 0 aromatic heterocycles. The van der Waals surface area contributed by atoms with Gasteiger partial charge in [-0.15, -0.1) is 23.2 Å². The lowest BCUT2D eigenvalue weighted by Gasteiger charge is -1.99. The third-order valence-corrected chi connectivity index (χ3v) is 3.77. The Morgan fingerprint density at radius 2 is 1.78 bits per heavy atom. The Labute approximate surface area is 65.0 Å². The van der Waals surface area contributed by atoms with E-state index in [1.165, 1.54) is 0 Å². The average Bonchev–Trinajstić information content (AvgIpc) is 2.00. The summed E-state index contributed by atoms with van der Waals surface area (Å²) in [5.41, 5.74) is -0.106. The highest BCUT2D eigenvalue weighted by Gasteiger charge is 2.69. The van der Waals surface area contributed by atoms with Crippen LogP contribution in [-0.4, -0.2) is 16.0 Å². The number of rotatable bonds is 1. The minimum atomic E-state index is -0.693. The molecule has 0 radical (unpaired) electrons. The Morgan fingerprint density at radius 3 is 1.78 bits per heavy atom. The van der Waals surface area contributed by atoms with E-state index >= 15 is 0 Å². The van der Waals surface area contributed by atoms with Gasteiger partial charge in [-0.3, -0.25) is 0 Å². The van der Waals surface area contributed by atoms with Crippen molar-refractivity contribution in [1.29, 1.82) is 0 Å². The number of hydrogen-bond donors (Lipinski definition) is 1. The van der Waals surface area contributed by atoms with E-state index in [4.69, 9.17) is 28.3 Å². The van der Waals surface area contributed by atoms with Gasteiger partial charge in [-0.05, 0) is 0 Å². The molecule has 0 spiro atoms. The van der Waals surface area contributed by atoms with Gasteiger partial charge in [0.05, 0.1) is 0 Å². The van der Waals surface area contributed by atoms with E-state index in [9.17, 15) is 0 Å². The number of halogens is 2. The van der Waals surface area contributed by atoms with E-state index in [-0.39, 0.29) is 17.9 Å². The summed E-state index contributed by atoms with van der Waals surface area (Å²) in [7, 11) is 0. The molecule has 0 aliphatic heterocycles. The van der Waals surface area contributed by atoms with E-state index in [0.29, 0.717) is 0 Å². The van der Waals surface area contributed by atoms with E-state index in [1.807, 2.05) is 13.8 Å². The molecule has 0 aromatic carbocycles. The molecule has 54 valence electrons. The van der Waals surface area contributed by atoms with Gasteiger partial charge in [-0.25, -0.2) is 0 Å². The van der Waals surface area contributed by atoms with Crippen LogP contribution in [0.2, 0.25) is 0 Å². The first kappa shape index (κ1) is 7.64. The van der Waals surface area contributed by atoms with Crippen molar-refractivity contribution >= 4 is 23.2 Å². The van der Waals surface area contributed by atoms with Crippen LogP contribution in [0.1, 0.15) is 13.8 Å². The monoisotopic (exact) mass is 168 g/mol. The molecule has 0 bridgehead atoms. The van der Waals surface area contributed by atoms with Crippen LogP contribution < -0.4 is 0 Å². The molecule has 0 aromatic rings. The van der Waals surface area contributed by atoms with Crippen molar-refractivity contribution < 1.29 is 5.11 Å². The van der Waals surface area contributed by atoms with E-state index in [1.54, 1.807) is 0 Å². The van der Waals surface area contributed by atoms with Crippen LogP contribution in [0, 0.1) is 11.3 Å². The minimum absolute atomic E-state index is 0.0494. The van der Waals surface area contributed by atoms with Crippen LogP contribution >= 0.6 is 23.2 Å². The van der Waals surface area contributed by atoms with Gasteiger partial charge in [0.25, 0.3) is 0 Å². The Bertz CT molecular complexity index is 117. The fourth-order valence-corrected chi connectivity index (χ4v) is 1.94. The molecule has 3 heteroatoms. The summed E-state index contributed by atoms with van der Waals surface area (Å²) in [6, 6.07) is 0. The maximum absolute atomic E-state index is 8.71. The van der Waals surface area contributed by atoms with Crippen molar-refractivity contribution in [3.8, 4) is 0 Å². The molecule has 0 saturated heterocycles. The summed E-state index contributed by atoms with van der Waals surface area (Å²) in [6.07, 6.45) is 0. The lowest BCUT2D eigenvalue weighted by atomic mass is 10.1. The number of hydrogen-bond acceptors (Lipinski definition) is 1. The zero-order chi connectivity index (χ0) is 7.28. The molecule has 0 unspecified atom stereocenters. The number of aliphatic hydroxyl groups is 1. The van der Waals surface area contributed by atoms with Crippen LogP contribution in [0.4, 0.5) is 0 Å². The predicted octanol–water partition coefficient (Wildman–Crippen LogP) is 1.81. The molecule has 0 amide bonds. The SMILES string of the molecule is CC1(C)[C@H](CO)C1(Cl)Cl. The second kappa shape index (κ2) is 1.77. The topological polar surface area (TPSA) is 20.2 Å².